The maximum atomic E-state index is 10.5. The van der Waals surface area contributed by atoms with Crippen LogP contribution >= 0.6 is 0 Å². The number of benzene rings is 1. The van der Waals surface area contributed by atoms with E-state index in [-0.39, 0.29) is 6.04 Å². The Morgan fingerprint density at radius 3 is 2.66 bits per heavy atom. The number of nitrogens with zero attached hydrogens (tertiary/aromatic N) is 4. The average molecular weight is 399 g/mol. The Morgan fingerprint density at radius 1 is 1.21 bits per heavy atom. The van der Waals surface area contributed by atoms with Gasteiger partial charge in [0.25, 0.3) is 0 Å². The van der Waals surface area contributed by atoms with E-state index in [1.165, 1.54) is 18.2 Å². The first-order chi connectivity index (χ1) is 13.9. The Morgan fingerprint density at radius 2 is 1.97 bits per heavy atom. The molecule has 154 valence electrons. The predicted molar refractivity (Wildman–Crippen MR) is 106 cm³/mol. The first kappa shape index (κ1) is 19.7. The smallest absolute Gasteiger partial charge is 0.173 e. The van der Waals surface area contributed by atoms with Crippen LogP contribution < -0.4 is 5.32 Å². The van der Waals surface area contributed by atoms with E-state index in [0.717, 1.165) is 6.42 Å². The average Bonchev–Trinajstić information content (AvgIpc) is 3.25. The maximum Gasteiger partial charge on any atom is 0.173 e. The molecule has 29 heavy (non-hydrogen) atoms. The number of anilines is 1. The van der Waals surface area contributed by atoms with Crippen LogP contribution in [0.3, 0.4) is 0 Å². The molecule has 1 aliphatic heterocycles. The van der Waals surface area contributed by atoms with E-state index in [0.29, 0.717) is 17.0 Å². The molecule has 3 aromatic rings. The van der Waals surface area contributed by atoms with E-state index in [1.807, 2.05) is 18.2 Å². The highest BCUT2D eigenvalue weighted by atomic mass is 16.6. The van der Waals surface area contributed by atoms with Crippen LogP contribution in [0.5, 0.6) is 0 Å². The van der Waals surface area contributed by atoms with Crippen LogP contribution in [0.15, 0.2) is 43.0 Å². The van der Waals surface area contributed by atoms with E-state index in [1.54, 1.807) is 11.5 Å². The quantitative estimate of drug-likeness (QED) is 0.476. The summed E-state index contributed by atoms with van der Waals surface area (Å²) in [5.74, 6) is 0.576. The number of rotatable bonds is 6. The SMILES string of the molecule is C[C@H](Cc1ccccc1)Nc1ncnc2c1ncn2[C@]1(C)O[C@H](CO)[C@@H](O)[C@H]1O. The number of aliphatic hydroxyl groups is 3. The molecule has 0 saturated carbocycles. The highest BCUT2D eigenvalue weighted by Gasteiger charge is 2.52. The lowest BCUT2D eigenvalue weighted by molar-refractivity contribution is -0.132. The second-order valence-electron chi connectivity index (χ2n) is 7.57. The summed E-state index contributed by atoms with van der Waals surface area (Å²) in [6.07, 6.45) is 0.382. The molecule has 9 heteroatoms. The molecule has 5 atom stereocenters. The van der Waals surface area contributed by atoms with Crippen molar-refractivity contribution in [3.05, 3.63) is 48.5 Å². The Hall–Kier alpha value is -2.59. The molecule has 1 saturated heterocycles. The van der Waals surface area contributed by atoms with Gasteiger partial charge in [-0.2, -0.15) is 0 Å². The molecule has 1 aromatic carbocycles. The first-order valence-corrected chi connectivity index (χ1v) is 9.58. The normalized spacial score (nSPS) is 28.0. The van der Waals surface area contributed by atoms with Crippen LogP contribution in [0.1, 0.15) is 19.4 Å². The summed E-state index contributed by atoms with van der Waals surface area (Å²) in [7, 11) is 0. The summed E-state index contributed by atoms with van der Waals surface area (Å²) < 4.78 is 7.34. The largest absolute Gasteiger partial charge is 0.394 e. The highest BCUT2D eigenvalue weighted by Crippen LogP contribution is 2.37. The van der Waals surface area contributed by atoms with Crippen LogP contribution in [0, 0.1) is 0 Å². The van der Waals surface area contributed by atoms with Crippen LogP contribution in [0.25, 0.3) is 11.2 Å². The van der Waals surface area contributed by atoms with Crippen molar-refractivity contribution in [2.24, 2.45) is 0 Å². The number of fused-ring (bicyclic) bond motifs is 1. The number of nitrogens with one attached hydrogen (secondary N) is 1. The van der Waals surface area contributed by atoms with Gasteiger partial charge in [-0.15, -0.1) is 0 Å². The highest BCUT2D eigenvalue weighted by molar-refractivity contribution is 5.83. The third kappa shape index (κ3) is 3.46. The Bertz CT molecular complexity index is 981. The second kappa shape index (κ2) is 7.68. The number of hydrogen-bond donors (Lipinski definition) is 4. The van der Waals surface area contributed by atoms with E-state index in [4.69, 9.17) is 4.74 Å². The van der Waals surface area contributed by atoms with Crippen LogP contribution in [0.4, 0.5) is 5.82 Å². The molecule has 3 heterocycles. The van der Waals surface area contributed by atoms with Gasteiger partial charge in [0.1, 0.15) is 24.6 Å². The molecular formula is C20H25N5O4. The first-order valence-electron chi connectivity index (χ1n) is 9.58. The molecule has 0 amide bonds. The minimum atomic E-state index is -1.32. The van der Waals surface area contributed by atoms with E-state index >= 15 is 0 Å². The van der Waals surface area contributed by atoms with Gasteiger partial charge in [-0.25, -0.2) is 15.0 Å². The molecule has 9 nitrogen and oxygen atoms in total. The lowest BCUT2D eigenvalue weighted by Gasteiger charge is -2.29. The van der Waals surface area contributed by atoms with Gasteiger partial charge in [0, 0.05) is 6.04 Å². The minimum Gasteiger partial charge on any atom is -0.394 e. The lowest BCUT2D eigenvalue weighted by Crippen LogP contribution is -2.43. The molecule has 0 unspecified atom stereocenters. The molecule has 4 rings (SSSR count). The second-order valence-corrected chi connectivity index (χ2v) is 7.57. The maximum absolute atomic E-state index is 10.5. The summed E-state index contributed by atoms with van der Waals surface area (Å²) in [4.78, 5) is 13.1. The lowest BCUT2D eigenvalue weighted by atomic mass is 10.0. The molecule has 0 aliphatic carbocycles. The molecule has 1 fully saturated rings. The van der Waals surface area contributed by atoms with Gasteiger partial charge in [-0.1, -0.05) is 30.3 Å². The number of aromatic nitrogens is 4. The van der Waals surface area contributed by atoms with E-state index in [9.17, 15) is 15.3 Å². The fraction of sp³-hybridized carbons (Fsp3) is 0.450. The number of ether oxygens (including phenoxy) is 1. The molecular weight excluding hydrogens is 374 g/mol. The van der Waals surface area contributed by atoms with E-state index < -0.39 is 30.6 Å². The predicted octanol–water partition coefficient (Wildman–Crippen LogP) is 0.655. The summed E-state index contributed by atoms with van der Waals surface area (Å²) in [5.41, 5.74) is 0.888. The summed E-state index contributed by atoms with van der Waals surface area (Å²) in [5, 5.41) is 33.5. The Balaban J connectivity index is 1.62. The van der Waals surface area contributed by atoms with Gasteiger partial charge in [-0.3, -0.25) is 4.57 Å². The third-order valence-corrected chi connectivity index (χ3v) is 5.40. The fourth-order valence-corrected chi connectivity index (χ4v) is 3.83. The molecule has 0 spiro atoms. The topological polar surface area (TPSA) is 126 Å². The van der Waals surface area contributed by atoms with Crippen molar-refractivity contribution < 1.29 is 20.1 Å². The van der Waals surface area contributed by atoms with Crippen LogP contribution in [0.2, 0.25) is 0 Å². The van der Waals surface area contributed by atoms with Gasteiger partial charge < -0.3 is 25.4 Å². The van der Waals surface area contributed by atoms with Crippen LogP contribution in [-0.2, 0) is 16.9 Å². The Labute approximate surface area is 168 Å². The van der Waals surface area contributed by atoms with Crippen molar-refractivity contribution in [1.82, 2.24) is 19.5 Å². The van der Waals surface area contributed by atoms with Crippen molar-refractivity contribution in [2.75, 3.05) is 11.9 Å². The van der Waals surface area contributed by atoms with Crippen molar-refractivity contribution in [3.63, 3.8) is 0 Å². The van der Waals surface area contributed by atoms with Gasteiger partial charge in [-0.05, 0) is 25.8 Å². The van der Waals surface area contributed by atoms with Crippen molar-refractivity contribution >= 4 is 17.0 Å². The number of hydrogen-bond acceptors (Lipinski definition) is 8. The fourth-order valence-electron chi connectivity index (χ4n) is 3.83. The van der Waals surface area contributed by atoms with Crippen LogP contribution in [-0.4, -0.2) is 65.8 Å². The van der Waals surface area contributed by atoms with Crippen molar-refractivity contribution in [1.29, 1.82) is 0 Å². The Kier molecular flexibility index (Phi) is 5.22. The zero-order valence-corrected chi connectivity index (χ0v) is 16.3. The molecule has 2 aromatic heterocycles. The van der Waals surface area contributed by atoms with E-state index in [2.05, 4.69) is 39.3 Å². The molecule has 1 aliphatic rings. The monoisotopic (exact) mass is 399 g/mol. The standard InChI is InChI=1S/C20H25N5O4/c1-12(8-13-6-4-3-5-7-13)24-18-15-19(22-10-21-18)25(11-23-15)20(2)17(28)16(27)14(9-26)29-20/h3-7,10-12,14,16-17,26-28H,8-9H2,1-2H3,(H,21,22,24)/t12-,14-,16-,17-,20-/m1/s1. The number of aliphatic hydroxyl groups excluding tert-OH is 3. The summed E-state index contributed by atoms with van der Waals surface area (Å²) in [6.45, 7) is 3.29. The number of imidazole rings is 1. The van der Waals surface area contributed by atoms with Gasteiger partial charge >= 0.3 is 0 Å². The van der Waals surface area contributed by atoms with Gasteiger partial charge in [0.2, 0.25) is 0 Å². The minimum absolute atomic E-state index is 0.102. The zero-order chi connectivity index (χ0) is 20.6. The zero-order valence-electron chi connectivity index (χ0n) is 16.3. The van der Waals surface area contributed by atoms with Crippen molar-refractivity contribution in [3.8, 4) is 0 Å². The molecule has 0 radical (unpaired) electrons. The third-order valence-electron chi connectivity index (χ3n) is 5.40. The van der Waals surface area contributed by atoms with Gasteiger partial charge in [0.05, 0.1) is 12.9 Å². The summed E-state index contributed by atoms with van der Waals surface area (Å²) >= 11 is 0. The molecule has 4 N–H and O–H groups in total. The van der Waals surface area contributed by atoms with Crippen molar-refractivity contribution in [2.45, 2.75) is 50.3 Å². The molecule has 0 bridgehead atoms. The summed E-state index contributed by atoms with van der Waals surface area (Å²) in [6, 6.07) is 10.3. The van der Waals surface area contributed by atoms with Gasteiger partial charge in [0.15, 0.2) is 22.7 Å².